The number of primary amides is 1. The van der Waals surface area contributed by atoms with E-state index >= 15 is 0 Å². The molecule has 2 aliphatic rings. The molecule has 176 valence electrons. The maximum atomic E-state index is 13.2. The number of anilines is 1. The summed E-state index contributed by atoms with van der Waals surface area (Å²) in [6, 6.07) is 13.7. The predicted molar refractivity (Wildman–Crippen MR) is 131 cm³/mol. The number of carbonyl (C=O) groups excluding carboxylic acids is 1. The van der Waals surface area contributed by atoms with Gasteiger partial charge in [0.05, 0.1) is 5.60 Å². The lowest BCUT2D eigenvalue weighted by Gasteiger charge is -2.32. The number of thiophene rings is 1. The van der Waals surface area contributed by atoms with Crippen LogP contribution in [0.5, 0.6) is 0 Å². The lowest BCUT2D eigenvalue weighted by atomic mass is 9.86. The van der Waals surface area contributed by atoms with Crippen LogP contribution < -0.4 is 11.1 Å². The lowest BCUT2D eigenvalue weighted by Crippen LogP contribution is -2.42. The van der Waals surface area contributed by atoms with E-state index in [1.165, 1.54) is 11.3 Å². The number of nitrogens with one attached hydrogen (secondary N) is 1. The number of hydrogen-bond acceptors (Lipinski definition) is 6. The number of nitrogens with two attached hydrogens (primary N) is 1. The predicted octanol–water partition coefficient (Wildman–Crippen LogP) is 3.31. The zero-order chi connectivity index (χ0) is 23.5. The highest BCUT2D eigenvalue weighted by Gasteiger charge is 2.34. The van der Waals surface area contributed by atoms with E-state index in [0.717, 1.165) is 23.4 Å². The minimum atomic E-state index is -3.55. The summed E-state index contributed by atoms with van der Waals surface area (Å²) in [6.07, 6.45) is 7.70. The topological polar surface area (TPSA) is 102 Å². The molecular formula is C24H29N3O4S2. The molecule has 0 spiro atoms. The van der Waals surface area contributed by atoms with Crippen LogP contribution in [0.2, 0.25) is 0 Å². The summed E-state index contributed by atoms with van der Waals surface area (Å²) < 4.78 is 34.1. The minimum absolute atomic E-state index is 0.255. The van der Waals surface area contributed by atoms with Crippen LogP contribution in [-0.2, 0) is 26.0 Å². The van der Waals surface area contributed by atoms with Crippen molar-refractivity contribution >= 4 is 33.0 Å². The van der Waals surface area contributed by atoms with Gasteiger partial charge in [0.2, 0.25) is 5.91 Å². The standard InChI is InChI=1S/C24H29N3O4S2/c1-31-24(13-5-6-18(16-24)23(25)28)17-21-9-10-22(32-21)33(29,30)27-14-11-20(12-15-27)26-19-7-3-2-4-8-19/h2-10,13,20,26H,11-12,14-17H2,1H3,(H2,25,28). The molecule has 1 aromatic heterocycles. The van der Waals surface area contributed by atoms with E-state index in [1.54, 1.807) is 29.6 Å². The van der Waals surface area contributed by atoms with E-state index in [1.807, 2.05) is 42.5 Å². The molecular weight excluding hydrogens is 458 g/mol. The number of piperidine rings is 1. The lowest BCUT2D eigenvalue weighted by molar-refractivity contribution is -0.115. The quantitative estimate of drug-likeness (QED) is 0.595. The highest BCUT2D eigenvalue weighted by atomic mass is 32.2. The number of sulfonamides is 1. The van der Waals surface area contributed by atoms with E-state index in [4.69, 9.17) is 10.5 Å². The average Bonchev–Trinajstić information content (AvgIpc) is 3.29. The Morgan fingerprint density at radius 3 is 2.61 bits per heavy atom. The summed E-state index contributed by atoms with van der Waals surface area (Å²) in [4.78, 5) is 12.5. The molecule has 0 saturated carbocycles. The molecule has 0 radical (unpaired) electrons. The van der Waals surface area contributed by atoms with Crippen LogP contribution >= 0.6 is 11.3 Å². The second-order valence-electron chi connectivity index (χ2n) is 8.45. The fourth-order valence-corrected chi connectivity index (χ4v) is 7.40. The van der Waals surface area contributed by atoms with Gasteiger partial charge in [-0.2, -0.15) is 4.31 Å². The monoisotopic (exact) mass is 487 g/mol. The number of rotatable bonds is 8. The zero-order valence-corrected chi connectivity index (χ0v) is 20.2. The molecule has 1 saturated heterocycles. The first kappa shape index (κ1) is 23.7. The molecule has 1 aromatic carbocycles. The molecule has 1 aliphatic heterocycles. The van der Waals surface area contributed by atoms with Crippen LogP contribution in [0.4, 0.5) is 5.69 Å². The molecule has 7 nitrogen and oxygen atoms in total. The number of para-hydroxylation sites is 1. The van der Waals surface area contributed by atoms with Crippen molar-refractivity contribution in [1.29, 1.82) is 0 Å². The molecule has 2 aromatic rings. The highest BCUT2D eigenvalue weighted by molar-refractivity contribution is 7.91. The van der Waals surface area contributed by atoms with E-state index < -0.39 is 21.5 Å². The van der Waals surface area contributed by atoms with Crippen molar-refractivity contribution in [3.63, 3.8) is 0 Å². The molecule has 1 fully saturated rings. The number of methoxy groups -OCH3 is 1. The molecule has 33 heavy (non-hydrogen) atoms. The second-order valence-corrected chi connectivity index (χ2v) is 11.8. The van der Waals surface area contributed by atoms with Crippen LogP contribution in [0.15, 0.2) is 70.5 Å². The van der Waals surface area contributed by atoms with Gasteiger partial charge in [-0.15, -0.1) is 11.3 Å². The molecule has 3 N–H and O–H groups in total. The Kier molecular flexibility index (Phi) is 7.04. The van der Waals surface area contributed by atoms with Gasteiger partial charge in [0.1, 0.15) is 4.21 Å². The fourth-order valence-electron chi connectivity index (χ4n) is 4.31. The van der Waals surface area contributed by atoms with Crippen molar-refractivity contribution in [2.75, 3.05) is 25.5 Å². The van der Waals surface area contributed by atoms with Crippen molar-refractivity contribution in [3.8, 4) is 0 Å². The van der Waals surface area contributed by atoms with Gasteiger partial charge in [0, 0.05) is 55.2 Å². The summed E-state index contributed by atoms with van der Waals surface area (Å²) in [6.45, 7) is 0.967. The van der Waals surface area contributed by atoms with E-state index in [2.05, 4.69) is 5.32 Å². The largest absolute Gasteiger partial charge is 0.382 e. The van der Waals surface area contributed by atoms with Gasteiger partial charge < -0.3 is 15.8 Å². The van der Waals surface area contributed by atoms with E-state index in [9.17, 15) is 13.2 Å². The van der Waals surface area contributed by atoms with Crippen molar-refractivity contribution < 1.29 is 17.9 Å². The van der Waals surface area contributed by atoms with Gasteiger partial charge in [0.15, 0.2) is 0 Å². The maximum absolute atomic E-state index is 13.2. The summed E-state index contributed by atoms with van der Waals surface area (Å²) in [5.41, 5.74) is 6.29. The van der Waals surface area contributed by atoms with Gasteiger partial charge >= 0.3 is 0 Å². The Hall–Kier alpha value is -2.46. The van der Waals surface area contributed by atoms with Crippen LogP contribution in [0.3, 0.4) is 0 Å². The molecule has 1 amide bonds. The number of carbonyl (C=O) groups is 1. The molecule has 0 bridgehead atoms. The minimum Gasteiger partial charge on any atom is -0.382 e. The van der Waals surface area contributed by atoms with Gasteiger partial charge in [-0.25, -0.2) is 8.42 Å². The molecule has 1 unspecified atom stereocenters. The normalized spacial score (nSPS) is 22.2. The van der Waals surface area contributed by atoms with Gasteiger partial charge in [-0.05, 0) is 37.1 Å². The van der Waals surface area contributed by atoms with Crippen LogP contribution in [-0.4, -0.2) is 50.5 Å². The average molecular weight is 488 g/mol. The third-order valence-corrected chi connectivity index (χ3v) is 9.66. The summed E-state index contributed by atoms with van der Waals surface area (Å²) in [5.74, 6) is -0.472. The van der Waals surface area contributed by atoms with Crippen LogP contribution in [0, 0.1) is 0 Å². The number of hydrogen-bond donors (Lipinski definition) is 2. The molecule has 2 heterocycles. The van der Waals surface area contributed by atoms with Crippen LogP contribution in [0.1, 0.15) is 24.1 Å². The first-order valence-corrected chi connectivity index (χ1v) is 13.2. The number of nitrogens with zero attached hydrogens (tertiary/aromatic N) is 1. The van der Waals surface area contributed by atoms with Gasteiger partial charge in [-0.1, -0.05) is 36.4 Å². The molecule has 4 rings (SSSR count). The van der Waals surface area contributed by atoms with E-state index in [-0.39, 0.29) is 6.04 Å². The summed E-state index contributed by atoms with van der Waals surface area (Å²) in [7, 11) is -1.96. The van der Waals surface area contributed by atoms with Crippen molar-refractivity contribution in [2.45, 2.75) is 41.5 Å². The molecule has 1 aliphatic carbocycles. The first-order chi connectivity index (χ1) is 15.8. The Labute approximate surface area is 199 Å². The zero-order valence-electron chi connectivity index (χ0n) is 18.6. The Bertz CT molecular complexity index is 1150. The Morgan fingerprint density at radius 2 is 1.94 bits per heavy atom. The van der Waals surface area contributed by atoms with E-state index in [0.29, 0.717) is 35.7 Å². The van der Waals surface area contributed by atoms with Gasteiger partial charge in [-0.3, -0.25) is 4.79 Å². The third kappa shape index (κ3) is 5.38. The summed E-state index contributed by atoms with van der Waals surface area (Å²) in [5, 5.41) is 3.49. The Morgan fingerprint density at radius 1 is 1.21 bits per heavy atom. The van der Waals surface area contributed by atoms with Crippen LogP contribution in [0.25, 0.3) is 0 Å². The van der Waals surface area contributed by atoms with Crippen molar-refractivity contribution in [2.24, 2.45) is 5.73 Å². The summed E-state index contributed by atoms with van der Waals surface area (Å²) >= 11 is 1.26. The highest BCUT2D eigenvalue weighted by Crippen LogP contribution is 2.34. The molecule has 9 heteroatoms. The number of amides is 1. The van der Waals surface area contributed by atoms with Crippen molar-refractivity contribution in [1.82, 2.24) is 4.31 Å². The number of benzene rings is 1. The second kappa shape index (κ2) is 9.80. The molecule has 1 atom stereocenters. The number of allylic oxidation sites excluding steroid dienone is 2. The smallest absolute Gasteiger partial charge is 0.252 e. The number of ether oxygens (including phenoxy) is 1. The Balaban J connectivity index is 1.40. The van der Waals surface area contributed by atoms with Gasteiger partial charge in [0.25, 0.3) is 10.0 Å². The maximum Gasteiger partial charge on any atom is 0.252 e. The van der Waals surface area contributed by atoms with Crippen molar-refractivity contribution in [3.05, 3.63) is 71.1 Å². The SMILES string of the molecule is COC1(Cc2ccc(S(=O)(=O)N3CCC(Nc4ccccc4)CC3)s2)C=CC=C(C(N)=O)C1. The fraction of sp³-hybridized carbons (Fsp3) is 0.375. The first-order valence-electron chi connectivity index (χ1n) is 11.0. The third-order valence-electron chi connectivity index (χ3n) is 6.21.